The quantitative estimate of drug-likeness (QED) is 0.380. The molecule has 40 heavy (non-hydrogen) atoms. The first-order valence-electron chi connectivity index (χ1n) is 14.2. The molecule has 10 heteroatoms. The van der Waals surface area contributed by atoms with Crippen molar-refractivity contribution in [3.63, 3.8) is 0 Å². The number of rotatable bonds is 10. The van der Waals surface area contributed by atoms with Crippen molar-refractivity contribution >= 4 is 5.91 Å². The summed E-state index contributed by atoms with van der Waals surface area (Å²) in [5.74, 6) is 2.17. The number of aromatic nitrogens is 4. The molecule has 2 heterocycles. The second-order valence-corrected chi connectivity index (χ2v) is 10.6. The summed E-state index contributed by atoms with van der Waals surface area (Å²) in [5, 5.41) is 13.0. The zero-order valence-corrected chi connectivity index (χ0v) is 23.8. The first-order valence-corrected chi connectivity index (χ1v) is 14.2. The maximum atomic E-state index is 13.6. The number of carbonyl (C=O) groups is 1. The van der Waals surface area contributed by atoms with Crippen molar-refractivity contribution in [1.82, 2.24) is 30.0 Å². The van der Waals surface area contributed by atoms with Crippen LogP contribution in [-0.4, -0.2) is 89.0 Å². The molecule has 0 spiro atoms. The largest absolute Gasteiger partial charge is 0.493 e. The van der Waals surface area contributed by atoms with Gasteiger partial charge in [-0.3, -0.25) is 9.69 Å². The lowest BCUT2D eigenvalue weighted by molar-refractivity contribution is -0.161. The third-order valence-electron chi connectivity index (χ3n) is 8.40. The van der Waals surface area contributed by atoms with E-state index in [2.05, 4.69) is 32.6 Å². The molecule has 1 unspecified atom stereocenters. The Balaban J connectivity index is 1.42. The van der Waals surface area contributed by atoms with E-state index in [1.54, 1.807) is 21.3 Å². The van der Waals surface area contributed by atoms with Crippen LogP contribution in [0.25, 0.3) is 0 Å². The van der Waals surface area contributed by atoms with Gasteiger partial charge in [-0.1, -0.05) is 61.7 Å². The van der Waals surface area contributed by atoms with Crippen LogP contribution in [0.15, 0.2) is 48.5 Å². The van der Waals surface area contributed by atoms with Gasteiger partial charge in [0.25, 0.3) is 5.91 Å². The van der Waals surface area contributed by atoms with Crippen molar-refractivity contribution in [2.75, 3.05) is 47.5 Å². The first kappa shape index (κ1) is 28.0. The Hall–Kier alpha value is -3.50. The summed E-state index contributed by atoms with van der Waals surface area (Å²) in [7, 11) is 4.98. The van der Waals surface area contributed by atoms with E-state index in [1.807, 2.05) is 46.0 Å². The number of tetrazole rings is 1. The number of hydrogen-bond acceptors (Lipinski definition) is 8. The smallest absolute Gasteiger partial charge is 0.254 e. The van der Waals surface area contributed by atoms with Crippen LogP contribution in [0, 0.1) is 0 Å². The lowest BCUT2D eigenvalue weighted by atomic mass is 9.83. The zero-order valence-electron chi connectivity index (χ0n) is 23.8. The molecule has 0 N–H and O–H groups in total. The van der Waals surface area contributed by atoms with Gasteiger partial charge in [-0.25, -0.2) is 4.68 Å². The molecule has 0 bridgehead atoms. The van der Waals surface area contributed by atoms with E-state index in [1.165, 1.54) is 5.56 Å². The SMILES string of the molecule is COc1cccc(C(c2nnnn2CCc2ccccc2)N2CCN(C(=O)C3(OC)CCCCC3)CC2)c1OC. The van der Waals surface area contributed by atoms with Crippen LogP contribution in [-0.2, 0) is 22.5 Å². The average molecular weight is 549 g/mol. The zero-order chi connectivity index (χ0) is 28.0. The minimum Gasteiger partial charge on any atom is -0.493 e. The Morgan fingerprint density at radius 3 is 2.35 bits per heavy atom. The molecule has 5 rings (SSSR count). The summed E-state index contributed by atoms with van der Waals surface area (Å²) in [6.45, 7) is 3.20. The van der Waals surface area contributed by atoms with E-state index >= 15 is 0 Å². The molecule has 1 amide bonds. The number of amides is 1. The maximum Gasteiger partial charge on any atom is 0.254 e. The van der Waals surface area contributed by atoms with Gasteiger partial charge in [0.15, 0.2) is 17.3 Å². The second-order valence-electron chi connectivity index (χ2n) is 10.6. The van der Waals surface area contributed by atoms with E-state index in [9.17, 15) is 4.79 Å². The topological polar surface area (TPSA) is 94.8 Å². The number of aryl methyl sites for hydroxylation is 2. The van der Waals surface area contributed by atoms with E-state index in [4.69, 9.17) is 14.2 Å². The number of hydrogen-bond donors (Lipinski definition) is 0. The number of benzene rings is 2. The fraction of sp³-hybridized carbons (Fsp3) is 0.533. The van der Waals surface area contributed by atoms with E-state index in [0.717, 1.165) is 49.9 Å². The van der Waals surface area contributed by atoms with Gasteiger partial charge in [0.2, 0.25) is 0 Å². The molecular formula is C30H40N6O4. The predicted octanol–water partition coefficient (Wildman–Crippen LogP) is 3.52. The fourth-order valence-corrected chi connectivity index (χ4v) is 6.17. The Kier molecular flexibility index (Phi) is 8.96. The summed E-state index contributed by atoms with van der Waals surface area (Å²) in [4.78, 5) is 18.0. The van der Waals surface area contributed by atoms with Crippen molar-refractivity contribution < 1.29 is 19.0 Å². The number of methoxy groups -OCH3 is 3. The third-order valence-corrected chi connectivity index (χ3v) is 8.40. The molecule has 3 aromatic rings. The molecule has 214 valence electrons. The van der Waals surface area contributed by atoms with Crippen LogP contribution in [0.1, 0.15) is 55.1 Å². The van der Waals surface area contributed by atoms with Crippen LogP contribution >= 0.6 is 0 Å². The molecule has 1 saturated carbocycles. The Morgan fingerprint density at radius 2 is 1.68 bits per heavy atom. The van der Waals surface area contributed by atoms with Gasteiger partial charge < -0.3 is 19.1 Å². The number of ether oxygens (including phenoxy) is 3. The molecule has 1 saturated heterocycles. The van der Waals surface area contributed by atoms with Crippen LogP contribution in [0.3, 0.4) is 0 Å². The number of nitrogens with zero attached hydrogens (tertiary/aromatic N) is 6. The van der Waals surface area contributed by atoms with Crippen LogP contribution < -0.4 is 9.47 Å². The third kappa shape index (κ3) is 5.69. The van der Waals surface area contributed by atoms with Gasteiger partial charge in [0.05, 0.1) is 14.2 Å². The first-order chi connectivity index (χ1) is 19.6. The standard InChI is InChI=1S/C30H40N6O4/c1-38-25-14-10-13-24(27(25)39-2)26(28-31-32-33-36(28)18-15-23-11-6-4-7-12-23)34-19-21-35(22-20-34)29(37)30(40-3)16-8-5-9-17-30/h4,6-7,10-14,26H,5,8-9,15-22H2,1-3H3. The summed E-state index contributed by atoms with van der Waals surface area (Å²) in [6, 6.07) is 16.0. The number of carbonyl (C=O) groups excluding carboxylic acids is 1. The molecule has 2 fully saturated rings. The second kappa shape index (κ2) is 12.8. The molecule has 1 atom stereocenters. The lowest BCUT2D eigenvalue weighted by Crippen LogP contribution is -2.57. The summed E-state index contributed by atoms with van der Waals surface area (Å²) in [6.07, 6.45) is 5.62. The van der Waals surface area contributed by atoms with Crippen molar-refractivity contribution in [2.45, 2.75) is 56.7 Å². The number of piperazine rings is 1. The van der Waals surface area contributed by atoms with Gasteiger partial charge in [0, 0.05) is 45.4 Å². The summed E-state index contributed by atoms with van der Waals surface area (Å²) in [5.41, 5.74) is 1.47. The predicted molar refractivity (Wildman–Crippen MR) is 150 cm³/mol. The number of para-hydroxylation sites is 1. The van der Waals surface area contributed by atoms with Gasteiger partial charge in [-0.2, -0.15) is 0 Å². The van der Waals surface area contributed by atoms with Crippen molar-refractivity contribution in [3.8, 4) is 11.5 Å². The highest BCUT2D eigenvalue weighted by Crippen LogP contribution is 2.40. The molecule has 1 aliphatic heterocycles. The maximum absolute atomic E-state index is 13.6. The Morgan fingerprint density at radius 1 is 0.925 bits per heavy atom. The Bertz CT molecular complexity index is 1250. The highest BCUT2D eigenvalue weighted by atomic mass is 16.5. The molecular weight excluding hydrogens is 508 g/mol. The van der Waals surface area contributed by atoms with E-state index in [-0.39, 0.29) is 11.9 Å². The molecule has 1 aromatic heterocycles. The van der Waals surface area contributed by atoms with Gasteiger partial charge >= 0.3 is 0 Å². The molecule has 2 aliphatic rings. The lowest BCUT2D eigenvalue weighted by Gasteiger charge is -2.43. The minimum absolute atomic E-state index is 0.123. The highest BCUT2D eigenvalue weighted by molar-refractivity contribution is 5.85. The molecule has 1 aliphatic carbocycles. The van der Waals surface area contributed by atoms with Crippen LogP contribution in [0.2, 0.25) is 0 Å². The van der Waals surface area contributed by atoms with Gasteiger partial charge in [0.1, 0.15) is 11.6 Å². The average Bonchev–Trinajstić information content (AvgIpc) is 3.48. The highest BCUT2D eigenvalue weighted by Gasteiger charge is 2.44. The van der Waals surface area contributed by atoms with Crippen molar-refractivity contribution in [2.24, 2.45) is 0 Å². The monoisotopic (exact) mass is 548 g/mol. The molecule has 0 radical (unpaired) electrons. The van der Waals surface area contributed by atoms with E-state index in [0.29, 0.717) is 44.2 Å². The normalized spacial score (nSPS) is 18.3. The van der Waals surface area contributed by atoms with Crippen molar-refractivity contribution in [1.29, 1.82) is 0 Å². The van der Waals surface area contributed by atoms with E-state index < -0.39 is 5.60 Å². The van der Waals surface area contributed by atoms with Crippen LogP contribution in [0.4, 0.5) is 0 Å². The summed E-state index contributed by atoms with van der Waals surface area (Å²) >= 11 is 0. The molecule has 2 aromatic carbocycles. The van der Waals surface area contributed by atoms with Gasteiger partial charge in [-0.15, -0.1) is 5.10 Å². The fourth-order valence-electron chi connectivity index (χ4n) is 6.17. The Labute approximate surface area is 236 Å². The molecule has 10 nitrogen and oxygen atoms in total. The summed E-state index contributed by atoms with van der Waals surface area (Å²) < 4.78 is 19.3. The minimum atomic E-state index is -0.683. The van der Waals surface area contributed by atoms with Gasteiger partial charge in [-0.05, 0) is 41.3 Å². The van der Waals surface area contributed by atoms with Crippen molar-refractivity contribution in [3.05, 3.63) is 65.5 Å². The van der Waals surface area contributed by atoms with Crippen LogP contribution in [0.5, 0.6) is 11.5 Å².